The smallest absolute Gasteiger partial charge is 0.0103 e. The number of hydrogen-bond acceptors (Lipinski definition) is 0. The van der Waals surface area contributed by atoms with Crippen molar-refractivity contribution in [3.05, 3.63) is 85.0 Å². The Balaban J connectivity index is 2.07. The average molecular weight is 286 g/mol. The van der Waals surface area contributed by atoms with Crippen LogP contribution in [0.1, 0.15) is 24.0 Å². The summed E-state index contributed by atoms with van der Waals surface area (Å²) in [6.07, 6.45) is 8.16. The van der Waals surface area contributed by atoms with E-state index in [1.807, 2.05) is 12.2 Å². The van der Waals surface area contributed by atoms with Crippen molar-refractivity contribution < 1.29 is 0 Å². The van der Waals surface area contributed by atoms with E-state index in [1.54, 1.807) is 0 Å². The van der Waals surface area contributed by atoms with Crippen molar-refractivity contribution in [2.24, 2.45) is 0 Å². The van der Waals surface area contributed by atoms with Gasteiger partial charge < -0.3 is 0 Å². The first kappa shape index (κ1) is 14.6. The van der Waals surface area contributed by atoms with Crippen molar-refractivity contribution in [3.63, 3.8) is 0 Å². The Morgan fingerprint density at radius 1 is 0.636 bits per heavy atom. The molecule has 0 bridgehead atoms. The van der Waals surface area contributed by atoms with Crippen LogP contribution >= 0.6 is 0 Å². The molecule has 0 spiro atoms. The normalized spacial score (nSPS) is 10.9. The summed E-state index contributed by atoms with van der Waals surface area (Å²) in [7, 11) is 0. The van der Waals surface area contributed by atoms with Crippen LogP contribution < -0.4 is 0 Å². The zero-order valence-electron chi connectivity index (χ0n) is 13.0. The van der Waals surface area contributed by atoms with Gasteiger partial charge >= 0.3 is 0 Å². The summed E-state index contributed by atoms with van der Waals surface area (Å²) >= 11 is 0. The molecule has 0 saturated carbocycles. The quantitative estimate of drug-likeness (QED) is 0.372. The number of rotatable bonds is 6. The molecule has 22 heavy (non-hydrogen) atoms. The van der Waals surface area contributed by atoms with Gasteiger partial charge in [-0.2, -0.15) is 0 Å². The Kier molecular flexibility index (Phi) is 4.39. The Bertz CT molecular complexity index is 824. The van der Waals surface area contributed by atoms with Gasteiger partial charge in [0.15, 0.2) is 0 Å². The fourth-order valence-corrected chi connectivity index (χ4v) is 3.01. The molecule has 0 amide bonds. The van der Waals surface area contributed by atoms with Crippen molar-refractivity contribution in [1.82, 2.24) is 0 Å². The summed E-state index contributed by atoms with van der Waals surface area (Å²) in [6, 6.07) is 18.1. The number of allylic oxidation sites excluding steroid dienone is 2. The monoisotopic (exact) mass is 286 g/mol. The van der Waals surface area contributed by atoms with Crippen molar-refractivity contribution in [1.29, 1.82) is 0 Å². The lowest BCUT2D eigenvalue weighted by Crippen LogP contribution is -1.87. The highest BCUT2D eigenvalue weighted by atomic mass is 14.1. The molecule has 0 aromatic heterocycles. The van der Waals surface area contributed by atoms with Crippen molar-refractivity contribution >= 4 is 21.5 Å². The second-order valence-electron chi connectivity index (χ2n) is 5.83. The van der Waals surface area contributed by atoms with Crippen LogP contribution in [0.25, 0.3) is 21.5 Å². The van der Waals surface area contributed by atoms with Gasteiger partial charge in [0, 0.05) is 0 Å². The lowest BCUT2D eigenvalue weighted by molar-refractivity contribution is 1.01. The first-order chi connectivity index (χ1) is 10.8. The van der Waals surface area contributed by atoms with Crippen LogP contribution in [0.5, 0.6) is 0 Å². The largest absolute Gasteiger partial charge is 0.103 e. The van der Waals surface area contributed by atoms with Gasteiger partial charge in [-0.05, 0) is 58.4 Å². The Labute approximate surface area is 132 Å². The molecule has 0 heterocycles. The minimum absolute atomic E-state index is 1.03. The molecule has 3 rings (SSSR count). The molecule has 0 atom stereocenters. The van der Waals surface area contributed by atoms with E-state index in [9.17, 15) is 0 Å². The van der Waals surface area contributed by atoms with Crippen LogP contribution in [-0.4, -0.2) is 0 Å². The fraction of sp³-hybridized carbons (Fsp3) is 0.182. The zero-order chi connectivity index (χ0) is 15.4. The first-order valence-electron chi connectivity index (χ1n) is 7.98. The summed E-state index contributed by atoms with van der Waals surface area (Å²) < 4.78 is 0. The van der Waals surface area contributed by atoms with Gasteiger partial charge in [0.2, 0.25) is 0 Å². The maximum Gasteiger partial charge on any atom is -0.0103 e. The van der Waals surface area contributed by atoms with Crippen LogP contribution in [0.3, 0.4) is 0 Å². The molecule has 0 unspecified atom stereocenters. The highest BCUT2D eigenvalue weighted by molar-refractivity contribution is 6.07. The molecule has 0 saturated heterocycles. The molecular formula is C22H22. The molecule has 3 aromatic rings. The summed E-state index contributed by atoms with van der Waals surface area (Å²) in [5.74, 6) is 0. The number of benzene rings is 3. The third kappa shape index (κ3) is 2.96. The number of aryl methyl sites for hydroxylation is 2. The van der Waals surface area contributed by atoms with Gasteiger partial charge in [0.25, 0.3) is 0 Å². The SMILES string of the molecule is C=CCCc1ccc2c(ccc3ccc(CCC=C)cc32)c1. The molecule has 3 aromatic carbocycles. The third-order valence-corrected chi connectivity index (χ3v) is 4.24. The van der Waals surface area contributed by atoms with Crippen molar-refractivity contribution in [3.8, 4) is 0 Å². The van der Waals surface area contributed by atoms with E-state index in [2.05, 4.69) is 61.7 Å². The van der Waals surface area contributed by atoms with Gasteiger partial charge in [-0.1, -0.05) is 60.7 Å². The topological polar surface area (TPSA) is 0 Å². The molecule has 0 fully saturated rings. The van der Waals surface area contributed by atoms with E-state index in [4.69, 9.17) is 0 Å². The van der Waals surface area contributed by atoms with E-state index >= 15 is 0 Å². The van der Waals surface area contributed by atoms with E-state index in [-0.39, 0.29) is 0 Å². The maximum absolute atomic E-state index is 3.82. The van der Waals surface area contributed by atoms with Gasteiger partial charge in [0.1, 0.15) is 0 Å². The second-order valence-corrected chi connectivity index (χ2v) is 5.83. The minimum Gasteiger partial charge on any atom is -0.103 e. The number of hydrogen-bond donors (Lipinski definition) is 0. The number of fused-ring (bicyclic) bond motifs is 3. The highest BCUT2D eigenvalue weighted by Gasteiger charge is 2.03. The van der Waals surface area contributed by atoms with E-state index in [0.717, 1.165) is 25.7 Å². The second kappa shape index (κ2) is 6.62. The van der Waals surface area contributed by atoms with E-state index in [0.29, 0.717) is 0 Å². The van der Waals surface area contributed by atoms with Crippen molar-refractivity contribution in [2.45, 2.75) is 25.7 Å². The molecular weight excluding hydrogens is 264 g/mol. The summed E-state index contributed by atoms with van der Waals surface area (Å²) in [5, 5.41) is 5.35. The lowest BCUT2D eigenvalue weighted by atomic mass is 9.96. The minimum atomic E-state index is 1.03. The Hall–Kier alpha value is -2.34. The Morgan fingerprint density at radius 2 is 1.23 bits per heavy atom. The van der Waals surface area contributed by atoms with Crippen LogP contribution in [0.2, 0.25) is 0 Å². The highest BCUT2D eigenvalue weighted by Crippen LogP contribution is 2.28. The van der Waals surface area contributed by atoms with Gasteiger partial charge in [-0.15, -0.1) is 13.2 Å². The van der Waals surface area contributed by atoms with E-state index in [1.165, 1.54) is 32.7 Å². The van der Waals surface area contributed by atoms with Crippen LogP contribution in [0.4, 0.5) is 0 Å². The predicted molar refractivity (Wildman–Crippen MR) is 98.5 cm³/mol. The van der Waals surface area contributed by atoms with Crippen LogP contribution in [0, 0.1) is 0 Å². The molecule has 0 N–H and O–H groups in total. The molecule has 0 aliphatic heterocycles. The van der Waals surface area contributed by atoms with Crippen LogP contribution in [-0.2, 0) is 12.8 Å². The molecule has 0 nitrogen and oxygen atoms in total. The van der Waals surface area contributed by atoms with Gasteiger partial charge in [-0.25, -0.2) is 0 Å². The fourth-order valence-electron chi connectivity index (χ4n) is 3.01. The predicted octanol–water partition coefficient (Wildman–Crippen LogP) is 6.23. The molecule has 0 aliphatic carbocycles. The molecule has 0 aliphatic rings. The first-order valence-corrected chi connectivity index (χ1v) is 7.98. The molecule has 110 valence electrons. The zero-order valence-corrected chi connectivity index (χ0v) is 13.0. The Morgan fingerprint density at radius 3 is 1.95 bits per heavy atom. The van der Waals surface area contributed by atoms with Crippen LogP contribution in [0.15, 0.2) is 73.8 Å². The standard InChI is InChI=1S/C22H22/c1-3-5-7-17-10-14-21-20(15-17)13-12-19-11-9-18(8-6-4-2)16-22(19)21/h3-4,9-16H,1-2,5-8H2. The average Bonchev–Trinajstić information content (AvgIpc) is 2.57. The third-order valence-electron chi connectivity index (χ3n) is 4.24. The molecule has 0 radical (unpaired) electrons. The van der Waals surface area contributed by atoms with E-state index < -0.39 is 0 Å². The summed E-state index contributed by atoms with van der Waals surface area (Å²) in [5.41, 5.74) is 2.77. The molecule has 0 heteroatoms. The van der Waals surface area contributed by atoms with Crippen molar-refractivity contribution in [2.75, 3.05) is 0 Å². The van der Waals surface area contributed by atoms with Gasteiger partial charge in [0.05, 0.1) is 0 Å². The lowest BCUT2D eigenvalue weighted by Gasteiger charge is -2.08. The summed E-state index contributed by atoms with van der Waals surface area (Å²) in [6.45, 7) is 7.62. The van der Waals surface area contributed by atoms with Gasteiger partial charge in [-0.3, -0.25) is 0 Å². The summed E-state index contributed by atoms with van der Waals surface area (Å²) in [4.78, 5) is 0. The maximum atomic E-state index is 3.82.